The number of fused-ring (bicyclic) bond motifs is 1. The van der Waals surface area contributed by atoms with Crippen LogP contribution in [0.4, 0.5) is 4.79 Å². The molecule has 0 atom stereocenters. The summed E-state index contributed by atoms with van der Waals surface area (Å²) >= 11 is 0. The van der Waals surface area contributed by atoms with Crippen molar-refractivity contribution in [3.8, 4) is 5.88 Å². The lowest BCUT2D eigenvalue weighted by molar-refractivity contribution is 0.192. The van der Waals surface area contributed by atoms with E-state index in [-0.39, 0.29) is 0 Å². The van der Waals surface area contributed by atoms with Crippen LogP contribution >= 0.6 is 0 Å². The first-order chi connectivity index (χ1) is 5.36. The Morgan fingerprint density at radius 1 is 1.64 bits per heavy atom. The van der Waals surface area contributed by atoms with Crippen molar-refractivity contribution in [3.63, 3.8) is 0 Å². The number of ether oxygens (including phenoxy) is 1. The van der Waals surface area contributed by atoms with Gasteiger partial charge in [-0.1, -0.05) is 0 Å². The van der Waals surface area contributed by atoms with E-state index >= 15 is 0 Å². The second-order valence-electron chi connectivity index (χ2n) is 2.10. The van der Waals surface area contributed by atoms with E-state index in [9.17, 15) is 4.79 Å². The average molecular weight is 151 g/mol. The van der Waals surface area contributed by atoms with E-state index in [1.807, 2.05) is 0 Å². The average Bonchev–Trinajstić information content (AvgIpc) is 2.04. The van der Waals surface area contributed by atoms with Gasteiger partial charge in [-0.25, -0.2) is 14.8 Å². The van der Waals surface area contributed by atoms with Crippen LogP contribution in [0, 0.1) is 0 Å². The molecule has 11 heavy (non-hydrogen) atoms. The van der Waals surface area contributed by atoms with Crippen molar-refractivity contribution in [3.05, 3.63) is 18.1 Å². The smallest absolute Gasteiger partial charge is 0.391 e. The minimum Gasteiger partial charge on any atom is -0.391 e. The van der Waals surface area contributed by atoms with Gasteiger partial charge in [0.2, 0.25) is 5.88 Å². The maximum Gasteiger partial charge on any atom is 0.414 e. The van der Waals surface area contributed by atoms with Crippen molar-refractivity contribution in [2.24, 2.45) is 0 Å². The number of hydrogen-bond acceptors (Lipinski definition) is 4. The number of nitrogens with one attached hydrogen (secondary N) is 1. The maximum absolute atomic E-state index is 10.6. The van der Waals surface area contributed by atoms with Gasteiger partial charge in [0.05, 0.1) is 12.1 Å². The third kappa shape index (κ3) is 1.000. The third-order valence-corrected chi connectivity index (χ3v) is 1.36. The van der Waals surface area contributed by atoms with Crippen LogP contribution in [0.5, 0.6) is 5.88 Å². The van der Waals surface area contributed by atoms with Crippen LogP contribution < -0.4 is 10.1 Å². The summed E-state index contributed by atoms with van der Waals surface area (Å²) in [5.74, 6) is 0.351. The lowest BCUT2D eigenvalue weighted by Gasteiger charge is -2.13. The summed E-state index contributed by atoms with van der Waals surface area (Å²) in [6.07, 6.45) is 2.50. The molecule has 0 bridgehead atoms. The number of rotatable bonds is 0. The number of aromatic nitrogens is 2. The molecule has 1 aromatic rings. The second kappa shape index (κ2) is 2.19. The summed E-state index contributed by atoms with van der Waals surface area (Å²) < 4.78 is 4.73. The minimum atomic E-state index is -0.462. The number of carbonyl (C=O) groups is 1. The Kier molecular flexibility index (Phi) is 1.21. The first-order valence-corrected chi connectivity index (χ1v) is 3.11. The molecule has 1 aliphatic heterocycles. The zero-order chi connectivity index (χ0) is 7.68. The Labute approximate surface area is 62.4 Å². The Hall–Kier alpha value is -1.65. The maximum atomic E-state index is 10.6. The van der Waals surface area contributed by atoms with E-state index < -0.39 is 6.09 Å². The molecule has 5 nitrogen and oxygen atoms in total. The number of amides is 1. The van der Waals surface area contributed by atoms with E-state index in [0.717, 1.165) is 5.56 Å². The summed E-state index contributed by atoms with van der Waals surface area (Å²) in [6, 6.07) is 0. The van der Waals surface area contributed by atoms with Gasteiger partial charge in [-0.3, -0.25) is 0 Å². The Balaban J connectivity index is 2.41. The number of hydrogen-bond donors (Lipinski definition) is 1. The van der Waals surface area contributed by atoms with Gasteiger partial charge in [0.1, 0.15) is 6.33 Å². The molecule has 56 valence electrons. The molecular weight excluding hydrogens is 146 g/mol. The summed E-state index contributed by atoms with van der Waals surface area (Å²) in [6.45, 7) is 0.439. The van der Waals surface area contributed by atoms with Gasteiger partial charge >= 0.3 is 6.09 Å². The van der Waals surface area contributed by atoms with Crippen molar-refractivity contribution in [2.45, 2.75) is 6.54 Å². The second-order valence-corrected chi connectivity index (χ2v) is 2.10. The van der Waals surface area contributed by atoms with Crippen LogP contribution in [0.2, 0.25) is 0 Å². The SMILES string of the molecule is O=C1NCc2cncnc2O1. The van der Waals surface area contributed by atoms with Gasteiger partial charge in [-0.05, 0) is 0 Å². The zero-order valence-corrected chi connectivity index (χ0v) is 5.57. The van der Waals surface area contributed by atoms with Crippen LogP contribution in [-0.2, 0) is 6.54 Å². The van der Waals surface area contributed by atoms with Crippen molar-refractivity contribution in [2.75, 3.05) is 0 Å². The molecule has 0 radical (unpaired) electrons. The highest BCUT2D eigenvalue weighted by Gasteiger charge is 2.16. The van der Waals surface area contributed by atoms with Crippen molar-refractivity contribution in [1.29, 1.82) is 0 Å². The normalized spacial score (nSPS) is 14.7. The van der Waals surface area contributed by atoms with E-state index in [0.29, 0.717) is 12.4 Å². The van der Waals surface area contributed by atoms with Gasteiger partial charge < -0.3 is 10.1 Å². The largest absolute Gasteiger partial charge is 0.414 e. The van der Waals surface area contributed by atoms with E-state index in [2.05, 4.69) is 15.3 Å². The van der Waals surface area contributed by atoms with E-state index in [4.69, 9.17) is 4.74 Å². The van der Waals surface area contributed by atoms with Crippen LogP contribution in [0.1, 0.15) is 5.56 Å². The van der Waals surface area contributed by atoms with Crippen LogP contribution in [0.25, 0.3) is 0 Å². The molecule has 0 aromatic carbocycles. The van der Waals surface area contributed by atoms with Crippen molar-refractivity contribution < 1.29 is 9.53 Å². The van der Waals surface area contributed by atoms with Crippen LogP contribution in [0.3, 0.4) is 0 Å². The molecule has 1 aromatic heterocycles. The fourth-order valence-electron chi connectivity index (χ4n) is 0.852. The number of nitrogens with zero attached hydrogens (tertiary/aromatic N) is 2. The summed E-state index contributed by atoms with van der Waals surface area (Å²) in [5, 5.41) is 2.50. The summed E-state index contributed by atoms with van der Waals surface area (Å²) in [4.78, 5) is 18.2. The van der Waals surface area contributed by atoms with Crippen LogP contribution in [-0.4, -0.2) is 16.1 Å². The highest BCUT2D eigenvalue weighted by molar-refractivity contribution is 5.71. The highest BCUT2D eigenvalue weighted by Crippen LogP contribution is 2.15. The Bertz CT molecular complexity index is 300. The lowest BCUT2D eigenvalue weighted by Crippen LogP contribution is -2.31. The monoisotopic (exact) mass is 151 g/mol. The molecule has 0 saturated carbocycles. The van der Waals surface area contributed by atoms with E-state index in [1.165, 1.54) is 6.33 Å². The standard InChI is InChI=1S/C6H5N3O2/c10-6-8-2-4-1-7-3-9-5(4)11-6/h1,3H,2H2,(H,8,10). The Morgan fingerprint density at radius 2 is 2.55 bits per heavy atom. The minimum absolute atomic E-state index is 0.351. The molecule has 2 rings (SSSR count). The van der Waals surface area contributed by atoms with Crippen molar-refractivity contribution in [1.82, 2.24) is 15.3 Å². The highest BCUT2D eigenvalue weighted by atomic mass is 16.6. The molecule has 0 spiro atoms. The van der Waals surface area contributed by atoms with Gasteiger partial charge in [0.15, 0.2) is 0 Å². The predicted molar refractivity (Wildman–Crippen MR) is 34.9 cm³/mol. The fraction of sp³-hybridized carbons (Fsp3) is 0.167. The molecular formula is C6H5N3O2. The quantitative estimate of drug-likeness (QED) is 0.570. The number of carbonyl (C=O) groups excluding carboxylic acids is 1. The molecule has 0 fully saturated rings. The predicted octanol–water partition coefficient (Wildman–Crippen LogP) is 0.0786. The Morgan fingerprint density at radius 3 is 3.45 bits per heavy atom. The topological polar surface area (TPSA) is 64.1 Å². The summed E-state index contributed by atoms with van der Waals surface area (Å²) in [5.41, 5.74) is 0.798. The molecule has 0 unspecified atom stereocenters. The molecule has 0 aliphatic carbocycles. The lowest BCUT2D eigenvalue weighted by atomic mass is 10.3. The van der Waals surface area contributed by atoms with Gasteiger partial charge in [0, 0.05) is 6.20 Å². The van der Waals surface area contributed by atoms with E-state index in [1.54, 1.807) is 6.20 Å². The molecule has 2 heterocycles. The first-order valence-electron chi connectivity index (χ1n) is 3.11. The van der Waals surface area contributed by atoms with Crippen molar-refractivity contribution >= 4 is 6.09 Å². The third-order valence-electron chi connectivity index (χ3n) is 1.36. The first kappa shape index (κ1) is 6.09. The molecule has 1 N–H and O–H groups in total. The van der Waals surface area contributed by atoms with Crippen LogP contribution in [0.15, 0.2) is 12.5 Å². The van der Waals surface area contributed by atoms with Gasteiger partial charge in [-0.2, -0.15) is 0 Å². The molecule has 1 aliphatic rings. The summed E-state index contributed by atoms with van der Waals surface area (Å²) in [7, 11) is 0. The molecule has 5 heteroatoms. The molecule has 1 amide bonds. The zero-order valence-electron chi connectivity index (χ0n) is 5.57. The fourth-order valence-corrected chi connectivity index (χ4v) is 0.852. The van der Waals surface area contributed by atoms with Gasteiger partial charge in [-0.15, -0.1) is 0 Å². The van der Waals surface area contributed by atoms with Gasteiger partial charge in [0.25, 0.3) is 0 Å². The molecule has 0 saturated heterocycles.